The highest BCUT2D eigenvalue weighted by atomic mass is 14.3. The van der Waals surface area contributed by atoms with Crippen molar-refractivity contribution >= 4 is 5.57 Å². The van der Waals surface area contributed by atoms with Crippen molar-refractivity contribution in [2.45, 2.75) is 18.8 Å². The summed E-state index contributed by atoms with van der Waals surface area (Å²) in [6, 6.07) is 64.7. The van der Waals surface area contributed by atoms with Crippen molar-refractivity contribution in [2.24, 2.45) is 0 Å². The Morgan fingerprint density at radius 3 is 1.35 bits per heavy atom. The second-order valence-corrected chi connectivity index (χ2v) is 13.6. The Kier molecular flexibility index (Phi) is 8.59. The molecule has 51 heavy (non-hydrogen) atoms. The molecule has 0 fully saturated rings. The average Bonchev–Trinajstić information content (AvgIpc) is 3.22. The number of allylic oxidation sites excluding steroid dienone is 4. The van der Waals surface area contributed by atoms with Gasteiger partial charge in [-0.2, -0.15) is 5.26 Å². The molecule has 0 saturated carbocycles. The maximum atomic E-state index is 10.1. The zero-order chi connectivity index (χ0) is 34.6. The van der Waals surface area contributed by atoms with Gasteiger partial charge in [0, 0.05) is 5.41 Å². The molecule has 1 aliphatic rings. The van der Waals surface area contributed by atoms with Crippen molar-refractivity contribution in [3.63, 3.8) is 0 Å². The fraction of sp³-hybridized carbons (Fsp3) is 0.0600. The molecule has 0 heterocycles. The SMILES string of the molecule is CC1(c2cc(C#N)cc(-c3cccc(-c4ccc(-c5ccccc5)cc4)c3)c2)C=CC(c2cccc(-c3ccc(-c4ccccc4)cc3)c2)=CC1. The minimum absolute atomic E-state index is 0.235. The molecule has 1 unspecified atom stereocenters. The van der Waals surface area contributed by atoms with Crippen LogP contribution in [0.4, 0.5) is 0 Å². The van der Waals surface area contributed by atoms with Crippen LogP contribution in [0.3, 0.4) is 0 Å². The van der Waals surface area contributed by atoms with Crippen LogP contribution in [0.5, 0.6) is 0 Å². The van der Waals surface area contributed by atoms with E-state index in [2.05, 4.69) is 189 Å². The van der Waals surface area contributed by atoms with E-state index in [1.165, 1.54) is 50.1 Å². The van der Waals surface area contributed by atoms with Gasteiger partial charge in [-0.3, -0.25) is 0 Å². The Morgan fingerprint density at radius 2 is 0.863 bits per heavy atom. The summed E-state index contributed by atoms with van der Waals surface area (Å²) in [5.41, 5.74) is 15.8. The highest BCUT2D eigenvalue weighted by Gasteiger charge is 2.26. The van der Waals surface area contributed by atoms with Crippen LogP contribution in [0.1, 0.15) is 30.0 Å². The number of hydrogen-bond donors (Lipinski definition) is 0. The van der Waals surface area contributed by atoms with Gasteiger partial charge >= 0.3 is 0 Å². The second kappa shape index (κ2) is 13.8. The van der Waals surface area contributed by atoms with Crippen LogP contribution in [0, 0.1) is 11.3 Å². The third-order valence-corrected chi connectivity index (χ3v) is 10.1. The van der Waals surface area contributed by atoms with Gasteiger partial charge in [0.25, 0.3) is 0 Å². The molecule has 0 aromatic heterocycles. The van der Waals surface area contributed by atoms with Gasteiger partial charge in [-0.25, -0.2) is 0 Å². The maximum Gasteiger partial charge on any atom is 0.0991 e. The normalized spacial score (nSPS) is 15.2. The van der Waals surface area contributed by atoms with Gasteiger partial charge < -0.3 is 0 Å². The maximum absolute atomic E-state index is 10.1. The van der Waals surface area contributed by atoms with Crippen LogP contribution in [0.2, 0.25) is 0 Å². The lowest BCUT2D eigenvalue weighted by molar-refractivity contribution is 0.601. The van der Waals surface area contributed by atoms with E-state index in [1.807, 2.05) is 18.2 Å². The van der Waals surface area contributed by atoms with Crippen molar-refractivity contribution in [3.05, 3.63) is 211 Å². The molecule has 0 amide bonds. The number of benzene rings is 7. The monoisotopic (exact) mass is 651 g/mol. The van der Waals surface area contributed by atoms with Gasteiger partial charge in [-0.1, -0.05) is 177 Å². The van der Waals surface area contributed by atoms with Gasteiger partial charge in [0.05, 0.1) is 11.6 Å². The molecule has 1 atom stereocenters. The molecule has 0 aliphatic heterocycles. The summed E-state index contributed by atoms with van der Waals surface area (Å²) in [5, 5.41) is 10.1. The van der Waals surface area contributed by atoms with E-state index in [-0.39, 0.29) is 5.41 Å². The van der Waals surface area contributed by atoms with E-state index >= 15 is 0 Å². The molecular formula is C50H37N. The van der Waals surface area contributed by atoms with Gasteiger partial charge in [-0.15, -0.1) is 0 Å². The van der Waals surface area contributed by atoms with Gasteiger partial charge in [0.15, 0.2) is 0 Å². The van der Waals surface area contributed by atoms with Crippen molar-refractivity contribution in [1.82, 2.24) is 0 Å². The fourth-order valence-electron chi connectivity index (χ4n) is 7.08. The summed E-state index contributed by atoms with van der Waals surface area (Å²) in [6.07, 6.45) is 7.75. The summed E-state index contributed by atoms with van der Waals surface area (Å²) in [4.78, 5) is 0. The minimum Gasteiger partial charge on any atom is -0.192 e. The number of nitrogens with zero attached hydrogens (tertiary/aromatic N) is 1. The first kappa shape index (κ1) is 31.8. The summed E-state index contributed by atoms with van der Waals surface area (Å²) in [5.74, 6) is 0. The fourth-order valence-corrected chi connectivity index (χ4v) is 7.08. The van der Waals surface area contributed by atoms with E-state index in [9.17, 15) is 5.26 Å². The number of rotatable bonds is 7. The Morgan fingerprint density at radius 1 is 0.431 bits per heavy atom. The molecule has 7 aromatic carbocycles. The van der Waals surface area contributed by atoms with E-state index < -0.39 is 0 Å². The first-order chi connectivity index (χ1) is 25.0. The third-order valence-electron chi connectivity index (χ3n) is 10.1. The van der Waals surface area contributed by atoms with Crippen LogP contribution in [0.25, 0.3) is 61.2 Å². The predicted molar refractivity (Wildman–Crippen MR) is 214 cm³/mol. The van der Waals surface area contributed by atoms with E-state index in [1.54, 1.807) is 0 Å². The first-order valence-electron chi connectivity index (χ1n) is 17.5. The molecule has 8 rings (SSSR count). The quantitative estimate of drug-likeness (QED) is 0.168. The summed E-state index contributed by atoms with van der Waals surface area (Å²) >= 11 is 0. The molecule has 1 heteroatoms. The zero-order valence-corrected chi connectivity index (χ0v) is 28.6. The van der Waals surface area contributed by atoms with Crippen molar-refractivity contribution in [2.75, 3.05) is 0 Å². The smallest absolute Gasteiger partial charge is 0.0991 e. The van der Waals surface area contributed by atoms with Gasteiger partial charge in [-0.05, 0) is 103 Å². The summed E-state index contributed by atoms with van der Waals surface area (Å²) < 4.78 is 0. The summed E-state index contributed by atoms with van der Waals surface area (Å²) in [6.45, 7) is 2.27. The van der Waals surface area contributed by atoms with Crippen LogP contribution in [-0.2, 0) is 5.41 Å². The summed E-state index contributed by atoms with van der Waals surface area (Å²) in [7, 11) is 0. The molecule has 0 spiro atoms. The van der Waals surface area contributed by atoms with Gasteiger partial charge in [0.1, 0.15) is 0 Å². The molecular weight excluding hydrogens is 615 g/mol. The Hall–Kier alpha value is -6.49. The minimum atomic E-state index is -0.235. The van der Waals surface area contributed by atoms with Crippen LogP contribution in [-0.4, -0.2) is 0 Å². The van der Waals surface area contributed by atoms with Crippen molar-refractivity contribution in [3.8, 4) is 61.7 Å². The third kappa shape index (κ3) is 6.73. The highest BCUT2D eigenvalue weighted by Crippen LogP contribution is 2.39. The standard InChI is InChI=1S/C50H37N/c1-50(28-26-43(27-29-50)46-16-8-14-44(32-46)41-22-18-39(19-23-41)37-10-4-2-5-11-37)49-31-36(35-51)30-48(34-49)47-17-9-15-45(33-47)42-24-20-40(21-25-42)38-12-6-3-7-13-38/h2-28,30-34H,29H2,1H3. The molecule has 0 saturated heterocycles. The first-order valence-corrected chi connectivity index (χ1v) is 17.5. The molecule has 1 aliphatic carbocycles. The number of hydrogen-bond acceptors (Lipinski definition) is 1. The van der Waals surface area contributed by atoms with Crippen LogP contribution in [0.15, 0.2) is 194 Å². The predicted octanol–water partition coefficient (Wildman–Crippen LogP) is 13.2. The largest absolute Gasteiger partial charge is 0.192 e. The molecule has 0 radical (unpaired) electrons. The average molecular weight is 652 g/mol. The topological polar surface area (TPSA) is 23.8 Å². The lowest BCUT2D eigenvalue weighted by atomic mass is 9.74. The molecule has 242 valence electrons. The molecule has 1 nitrogen and oxygen atoms in total. The Bertz CT molecular complexity index is 2430. The lowest BCUT2D eigenvalue weighted by Crippen LogP contribution is -2.20. The zero-order valence-electron chi connectivity index (χ0n) is 28.6. The Balaban J connectivity index is 1.03. The van der Waals surface area contributed by atoms with Crippen molar-refractivity contribution < 1.29 is 0 Å². The number of nitriles is 1. The molecule has 0 bridgehead atoms. The van der Waals surface area contributed by atoms with Crippen molar-refractivity contribution in [1.29, 1.82) is 5.26 Å². The second-order valence-electron chi connectivity index (χ2n) is 13.6. The van der Waals surface area contributed by atoms with E-state index in [0.717, 1.165) is 28.7 Å². The van der Waals surface area contributed by atoms with Crippen LogP contribution >= 0.6 is 0 Å². The lowest BCUT2D eigenvalue weighted by Gasteiger charge is -2.29. The molecule has 0 N–H and O–H groups in total. The van der Waals surface area contributed by atoms with E-state index in [0.29, 0.717) is 5.56 Å². The molecule has 7 aromatic rings. The highest BCUT2D eigenvalue weighted by molar-refractivity contribution is 5.81. The van der Waals surface area contributed by atoms with E-state index in [4.69, 9.17) is 0 Å². The van der Waals surface area contributed by atoms with Crippen LogP contribution < -0.4 is 0 Å². The Labute approximate surface area is 301 Å². The van der Waals surface area contributed by atoms with Gasteiger partial charge in [0.2, 0.25) is 0 Å².